The van der Waals surface area contributed by atoms with Gasteiger partial charge < -0.3 is 19.9 Å². The van der Waals surface area contributed by atoms with Gasteiger partial charge >= 0.3 is 0 Å². The van der Waals surface area contributed by atoms with Crippen LogP contribution >= 0.6 is 0 Å². The number of likely N-dealkylation sites (tertiary alicyclic amines) is 1. The second-order valence-corrected chi connectivity index (χ2v) is 9.03. The van der Waals surface area contributed by atoms with Crippen molar-refractivity contribution in [2.45, 2.75) is 13.0 Å². The SMILES string of the molecule is Cc1[nH]c2ccccc2c1C1/C(=C(\O)c2cccc3ccccc23)C(=O)C(=O)N1CCN(C)C. The third-order valence-corrected chi connectivity index (χ3v) is 6.59. The molecular formula is C28H27N3O3. The molecule has 6 nitrogen and oxygen atoms in total. The van der Waals surface area contributed by atoms with Crippen LogP contribution in [0.25, 0.3) is 27.4 Å². The normalized spacial score (nSPS) is 18.0. The van der Waals surface area contributed by atoms with Crippen molar-refractivity contribution in [1.82, 2.24) is 14.8 Å². The number of rotatable bonds is 5. The maximum atomic E-state index is 13.4. The van der Waals surface area contributed by atoms with Crippen LogP contribution < -0.4 is 0 Å². The molecule has 5 rings (SSSR count). The fourth-order valence-electron chi connectivity index (χ4n) is 4.95. The van der Waals surface area contributed by atoms with Crippen molar-refractivity contribution < 1.29 is 14.7 Å². The summed E-state index contributed by atoms with van der Waals surface area (Å²) >= 11 is 0. The van der Waals surface area contributed by atoms with E-state index in [9.17, 15) is 14.7 Å². The van der Waals surface area contributed by atoms with Crippen LogP contribution in [0.5, 0.6) is 0 Å². The van der Waals surface area contributed by atoms with E-state index in [0.717, 1.165) is 32.9 Å². The Morgan fingerprint density at radius 3 is 2.41 bits per heavy atom. The number of hydrogen-bond acceptors (Lipinski definition) is 4. The first-order valence-electron chi connectivity index (χ1n) is 11.4. The van der Waals surface area contributed by atoms with Gasteiger partial charge in [-0.1, -0.05) is 60.7 Å². The Bertz CT molecular complexity index is 1460. The summed E-state index contributed by atoms with van der Waals surface area (Å²) in [4.78, 5) is 33.7. The molecule has 0 aliphatic carbocycles. The van der Waals surface area contributed by atoms with Crippen molar-refractivity contribution in [1.29, 1.82) is 0 Å². The van der Waals surface area contributed by atoms with E-state index in [1.807, 2.05) is 86.6 Å². The summed E-state index contributed by atoms with van der Waals surface area (Å²) < 4.78 is 0. The molecule has 2 heterocycles. The molecule has 1 fully saturated rings. The number of para-hydroxylation sites is 1. The number of carbonyl (C=O) groups is 2. The van der Waals surface area contributed by atoms with Crippen molar-refractivity contribution >= 4 is 39.1 Å². The molecule has 0 spiro atoms. The van der Waals surface area contributed by atoms with Crippen LogP contribution in [0.15, 0.2) is 72.3 Å². The number of nitrogens with zero attached hydrogens (tertiary/aromatic N) is 2. The third-order valence-electron chi connectivity index (χ3n) is 6.59. The molecular weight excluding hydrogens is 426 g/mol. The van der Waals surface area contributed by atoms with Crippen molar-refractivity contribution in [3.63, 3.8) is 0 Å². The number of Topliss-reactive ketones (excluding diaryl/α,β-unsaturated/α-hetero) is 1. The van der Waals surface area contributed by atoms with E-state index in [2.05, 4.69) is 4.98 Å². The molecule has 1 aromatic heterocycles. The summed E-state index contributed by atoms with van der Waals surface area (Å²) in [5, 5.41) is 14.3. The van der Waals surface area contributed by atoms with Gasteiger partial charge in [0.05, 0.1) is 11.6 Å². The lowest BCUT2D eigenvalue weighted by atomic mass is 9.92. The van der Waals surface area contributed by atoms with E-state index < -0.39 is 17.7 Å². The Balaban J connectivity index is 1.78. The van der Waals surface area contributed by atoms with Gasteiger partial charge in [-0.05, 0) is 37.9 Å². The third kappa shape index (κ3) is 3.47. The van der Waals surface area contributed by atoms with Gasteiger partial charge in [0.2, 0.25) is 0 Å². The number of aliphatic hydroxyl groups is 1. The Labute approximate surface area is 198 Å². The summed E-state index contributed by atoms with van der Waals surface area (Å²) in [5.74, 6) is -1.38. The predicted molar refractivity (Wildman–Crippen MR) is 135 cm³/mol. The first-order valence-corrected chi connectivity index (χ1v) is 11.4. The topological polar surface area (TPSA) is 76.6 Å². The first-order chi connectivity index (χ1) is 16.4. The number of aliphatic hydroxyl groups excluding tert-OH is 1. The second-order valence-electron chi connectivity index (χ2n) is 9.03. The summed E-state index contributed by atoms with van der Waals surface area (Å²) in [6.07, 6.45) is 0. The van der Waals surface area contributed by atoms with Gasteiger partial charge in [-0.3, -0.25) is 9.59 Å². The lowest BCUT2D eigenvalue weighted by molar-refractivity contribution is -0.140. The number of benzene rings is 3. The van der Waals surface area contributed by atoms with Crippen LogP contribution in [0, 0.1) is 6.92 Å². The summed E-state index contributed by atoms with van der Waals surface area (Å²) in [6, 6.07) is 20.5. The van der Waals surface area contributed by atoms with Gasteiger partial charge in [-0.15, -0.1) is 0 Å². The number of fused-ring (bicyclic) bond motifs is 2. The number of ketones is 1. The molecule has 0 saturated carbocycles. The highest BCUT2D eigenvalue weighted by atomic mass is 16.3. The van der Waals surface area contributed by atoms with Crippen molar-refractivity contribution in [2.75, 3.05) is 27.2 Å². The number of carbonyl (C=O) groups excluding carboxylic acids is 2. The Kier molecular flexibility index (Phi) is 5.46. The smallest absolute Gasteiger partial charge is 0.295 e. The Hall–Kier alpha value is -3.90. The Morgan fingerprint density at radius 1 is 0.971 bits per heavy atom. The maximum absolute atomic E-state index is 13.4. The molecule has 6 heteroatoms. The zero-order valence-electron chi connectivity index (χ0n) is 19.5. The van der Waals surface area contributed by atoms with Crippen LogP contribution in [0.1, 0.15) is 22.9 Å². The predicted octanol–water partition coefficient (Wildman–Crippen LogP) is 4.61. The second kappa shape index (κ2) is 8.47. The van der Waals surface area contributed by atoms with Gasteiger partial charge in [0.25, 0.3) is 11.7 Å². The lowest BCUT2D eigenvalue weighted by Gasteiger charge is -2.27. The number of amides is 1. The number of aryl methyl sites for hydroxylation is 1. The average Bonchev–Trinajstić information content (AvgIpc) is 3.29. The summed E-state index contributed by atoms with van der Waals surface area (Å²) in [5.41, 5.74) is 3.32. The van der Waals surface area contributed by atoms with Gasteiger partial charge in [-0.2, -0.15) is 0 Å². The van der Waals surface area contributed by atoms with Crippen LogP contribution in [-0.4, -0.2) is 58.8 Å². The molecule has 2 N–H and O–H groups in total. The minimum absolute atomic E-state index is 0.132. The van der Waals surface area contributed by atoms with Gasteiger partial charge in [0.1, 0.15) is 5.76 Å². The first kappa shape index (κ1) is 21.9. The average molecular weight is 454 g/mol. The zero-order valence-corrected chi connectivity index (χ0v) is 19.5. The van der Waals surface area contributed by atoms with E-state index in [-0.39, 0.29) is 11.3 Å². The molecule has 0 radical (unpaired) electrons. The van der Waals surface area contributed by atoms with Gasteiger partial charge in [0.15, 0.2) is 0 Å². The summed E-state index contributed by atoms with van der Waals surface area (Å²) in [7, 11) is 3.86. The fraction of sp³-hybridized carbons (Fsp3) is 0.214. The van der Waals surface area contributed by atoms with Gasteiger partial charge in [-0.25, -0.2) is 0 Å². The van der Waals surface area contributed by atoms with Crippen LogP contribution in [-0.2, 0) is 9.59 Å². The maximum Gasteiger partial charge on any atom is 0.295 e. The van der Waals surface area contributed by atoms with Crippen LogP contribution in [0.4, 0.5) is 0 Å². The molecule has 34 heavy (non-hydrogen) atoms. The number of hydrogen-bond donors (Lipinski definition) is 2. The fourth-order valence-corrected chi connectivity index (χ4v) is 4.95. The molecule has 1 aliphatic rings. The number of aromatic nitrogens is 1. The Morgan fingerprint density at radius 2 is 1.65 bits per heavy atom. The number of H-pyrrole nitrogens is 1. The summed E-state index contributed by atoms with van der Waals surface area (Å²) in [6.45, 7) is 2.91. The van der Waals surface area contributed by atoms with E-state index in [1.165, 1.54) is 0 Å². The zero-order chi connectivity index (χ0) is 24.0. The number of likely N-dealkylation sites (N-methyl/N-ethyl adjacent to an activating group) is 1. The molecule has 1 aliphatic heterocycles. The number of nitrogens with one attached hydrogen (secondary N) is 1. The molecule has 172 valence electrons. The van der Waals surface area contributed by atoms with Crippen molar-refractivity contribution in [3.05, 3.63) is 89.1 Å². The van der Waals surface area contributed by atoms with E-state index in [1.54, 1.807) is 11.0 Å². The molecule has 1 amide bonds. The van der Waals surface area contributed by atoms with E-state index >= 15 is 0 Å². The van der Waals surface area contributed by atoms with E-state index in [0.29, 0.717) is 18.7 Å². The van der Waals surface area contributed by atoms with Crippen molar-refractivity contribution in [3.8, 4) is 0 Å². The number of aromatic amines is 1. The molecule has 1 unspecified atom stereocenters. The molecule has 1 atom stereocenters. The van der Waals surface area contributed by atoms with Crippen LogP contribution in [0.3, 0.4) is 0 Å². The van der Waals surface area contributed by atoms with Crippen LogP contribution in [0.2, 0.25) is 0 Å². The highest BCUT2D eigenvalue weighted by molar-refractivity contribution is 6.47. The van der Waals surface area contributed by atoms with Crippen molar-refractivity contribution in [2.24, 2.45) is 0 Å². The minimum Gasteiger partial charge on any atom is -0.507 e. The molecule has 3 aromatic carbocycles. The largest absolute Gasteiger partial charge is 0.507 e. The molecule has 1 saturated heterocycles. The monoisotopic (exact) mass is 453 g/mol. The minimum atomic E-state index is -0.685. The van der Waals surface area contributed by atoms with Gasteiger partial charge in [0, 0.05) is 40.8 Å². The standard InChI is InChI=1S/C28H27N3O3/c1-17-23(21-12-6-7-14-22(21)29-17)25-24(27(33)28(34)31(25)16-15-30(2)3)26(32)20-13-8-10-18-9-4-5-11-19(18)20/h4-14,25,29,32H,15-16H2,1-3H3/b26-24+. The van der Waals surface area contributed by atoms with E-state index in [4.69, 9.17) is 0 Å². The highest BCUT2D eigenvalue weighted by Crippen LogP contribution is 2.43. The molecule has 4 aromatic rings. The quantitative estimate of drug-likeness (QED) is 0.263. The molecule has 0 bridgehead atoms. The lowest BCUT2D eigenvalue weighted by Crippen LogP contribution is -2.35. The highest BCUT2D eigenvalue weighted by Gasteiger charge is 2.47.